The van der Waals surface area contributed by atoms with Crippen LogP contribution in [0.2, 0.25) is 0 Å². The van der Waals surface area contributed by atoms with Crippen LogP contribution in [0.25, 0.3) is 0 Å². The quantitative estimate of drug-likeness (QED) is 0.651. The van der Waals surface area contributed by atoms with Gasteiger partial charge in [-0.1, -0.05) is 0 Å². The van der Waals surface area contributed by atoms with Gasteiger partial charge in [0.05, 0.1) is 16.8 Å². The molecule has 0 aliphatic heterocycles. The number of halogens is 2. The van der Waals surface area contributed by atoms with Crippen LogP contribution in [0, 0.1) is 12.7 Å². The lowest BCUT2D eigenvalue weighted by Gasteiger charge is -2.10. The molecule has 0 aliphatic carbocycles. The molecule has 20 heavy (non-hydrogen) atoms. The lowest BCUT2D eigenvalue weighted by molar-refractivity contribution is 0.593. The maximum absolute atomic E-state index is 13.6. The molecule has 0 radical (unpaired) electrons. The molecule has 3 N–H and O–H groups in total. The lowest BCUT2D eigenvalue weighted by Crippen LogP contribution is -2.14. The molecule has 0 spiro atoms. The number of hydrogen-bond donors (Lipinski definition) is 2. The van der Waals surface area contributed by atoms with Gasteiger partial charge >= 0.3 is 0 Å². The minimum Gasteiger partial charge on any atom is -0.398 e. The minimum absolute atomic E-state index is 0.0827. The maximum atomic E-state index is 13.6. The van der Waals surface area contributed by atoms with Crippen LogP contribution in [-0.4, -0.2) is 13.4 Å². The summed E-state index contributed by atoms with van der Waals surface area (Å²) in [4.78, 5) is 3.66. The third-order valence-electron chi connectivity index (χ3n) is 2.65. The fourth-order valence-electron chi connectivity index (χ4n) is 1.48. The van der Waals surface area contributed by atoms with Gasteiger partial charge in [0, 0.05) is 11.3 Å². The summed E-state index contributed by atoms with van der Waals surface area (Å²) in [6, 6.07) is 5.26. The molecule has 0 saturated carbocycles. The van der Waals surface area contributed by atoms with Crippen LogP contribution < -0.4 is 10.5 Å². The van der Waals surface area contributed by atoms with E-state index in [2.05, 4.69) is 25.6 Å². The maximum Gasteiger partial charge on any atom is 0.262 e. The zero-order valence-electron chi connectivity index (χ0n) is 10.4. The molecule has 0 saturated heterocycles. The van der Waals surface area contributed by atoms with E-state index >= 15 is 0 Å². The van der Waals surface area contributed by atoms with Gasteiger partial charge in [-0.2, -0.15) is 0 Å². The van der Waals surface area contributed by atoms with Crippen LogP contribution in [0.5, 0.6) is 0 Å². The van der Waals surface area contributed by atoms with Crippen LogP contribution in [-0.2, 0) is 10.0 Å². The van der Waals surface area contributed by atoms with E-state index in [-0.39, 0.29) is 21.8 Å². The average molecular weight is 360 g/mol. The molecule has 1 heterocycles. The summed E-state index contributed by atoms with van der Waals surface area (Å²) in [5.74, 6) is -0.667. The van der Waals surface area contributed by atoms with E-state index in [0.717, 1.165) is 6.07 Å². The molecule has 0 unspecified atom stereocenters. The Hall–Kier alpha value is -1.67. The average Bonchev–Trinajstić information content (AvgIpc) is 2.38. The van der Waals surface area contributed by atoms with Gasteiger partial charge in [0.25, 0.3) is 10.0 Å². The van der Waals surface area contributed by atoms with E-state index in [9.17, 15) is 12.8 Å². The Labute approximate surface area is 124 Å². The summed E-state index contributed by atoms with van der Waals surface area (Å²) in [6.07, 6.45) is 1.34. The summed E-state index contributed by atoms with van der Waals surface area (Å²) < 4.78 is 40.7. The van der Waals surface area contributed by atoms with Crippen molar-refractivity contribution in [2.75, 3.05) is 10.5 Å². The molecule has 5 nitrogen and oxygen atoms in total. The van der Waals surface area contributed by atoms with Crippen molar-refractivity contribution in [1.82, 2.24) is 4.98 Å². The number of aromatic nitrogens is 1. The summed E-state index contributed by atoms with van der Waals surface area (Å²) in [7, 11) is -3.91. The number of nitrogens with one attached hydrogen (secondary N) is 1. The van der Waals surface area contributed by atoms with Crippen LogP contribution in [0.4, 0.5) is 15.8 Å². The van der Waals surface area contributed by atoms with Crippen molar-refractivity contribution in [2.45, 2.75) is 11.8 Å². The van der Waals surface area contributed by atoms with Crippen molar-refractivity contribution in [3.63, 3.8) is 0 Å². The van der Waals surface area contributed by atoms with E-state index in [1.807, 2.05) is 0 Å². The fourth-order valence-corrected chi connectivity index (χ4v) is 2.80. The molecule has 2 rings (SSSR count). The Morgan fingerprint density at radius 2 is 2.05 bits per heavy atom. The van der Waals surface area contributed by atoms with Gasteiger partial charge in [-0.15, -0.1) is 0 Å². The summed E-state index contributed by atoms with van der Waals surface area (Å²) in [5.41, 5.74) is 6.15. The van der Waals surface area contributed by atoms with Crippen molar-refractivity contribution in [2.24, 2.45) is 0 Å². The topological polar surface area (TPSA) is 85.1 Å². The number of nitrogens with zero attached hydrogens (tertiary/aromatic N) is 1. The highest BCUT2D eigenvalue weighted by Gasteiger charge is 2.17. The summed E-state index contributed by atoms with van der Waals surface area (Å²) >= 11 is 3.14. The van der Waals surface area contributed by atoms with Crippen LogP contribution in [0.15, 0.2) is 40.0 Å². The van der Waals surface area contributed by atoms with Crippen LogP contribution >= 0.6 is 15.9 Å². The zero-order chi connectivity index (χ0) is 14.9. The predicted octanol–water partition coefficient (Wildman–Crippen LogP) is 2.67. The third kappa shape index (κ3) is 3.07. The van der Waals surface area contributed by atoms with E-state index in [1.165, 1.54) is 25.3 Å². The number of rotatable bonds is 3. The first kappa shape index (κ1) is 14.7. The van der Waals surface area contributed by atoms with E-state index in [4.69, 9.17) is 5.73 Å². The molecule has 0 fully saturated rings. The summed E-state index contributed by atoms with van der Waals surface area (Å²) in [6.45, 7) is 1.48. The largest absolute Gasteiger partial charge is 0.398 e. The minimum atomic E-state index is -3.91. The second-order valence-corrected chi connectivity index (χ2v) is 6.59. The van der Waals surface area contributed by atoms with E-state index in [1.54, 1.807) is 6.07 Å². The van der Waals surface area contributed by atoms with Gasteiger partial charge in [0.15, 0.2) is 0 Å². The Bertz CT molecular complexity index is 725. The van der Waals surface area contributed by atoms with Crippen molar-refractivity contribution in [3.05, 3.63) is 46.4 Å². The Morgan fingerprint density at radius 1 is 1.35 bits per heavy atom. The Balaban J connectivity index is 2.38. The van der Waals surface area contributed by atoms with Crippen LogP contribution in [0.1, 0.15) is 5.56 Å². The smallest absolute Gasteiger partial charge is 0.262 e. The molecule has 106 valence electrons. The monoisotopic (exact) mass is 359 g/mol. The SMILES string of the molecule is Cc1c(N)cc(S(=O)(=O)Nc2ccc(Br)nc2)cc1F. The predicted molar refractivity (Wildman–Crippen MR) is 78.3 cm³/mol. The Morgan fingerprint density at radius 3 is 2.60 bits per heavy atom. The molecular formula is C12H11BrFN3O2S. The number of nitrogen functional groups attached to an aromatic ring is 1. The van der Waals surface area contributed by atoms with Gasteiger partial charge < -0.3 is 5.73 Å². The van der Waals surface area contributed by atoms with Crippen molar-refractivity contribution >= 4 is 37.3 Å². The van der Waals surface area contributed by atoms with Crippen LogP contribution in [0.3, 0.4) is 0 Å². The van der Waals surface area contributed by atoms with E-state index < -0.39 is 15.8 Å². The molecule has 2 aromatic rings. The second kappa shape index (κ2) is 5.37. The standard InChI is InChI=1S/C12H11BrFN3O2S/c1-7-10(14)4-9(5-11(7)15)20(18,19)17-8-2-3-12(13)16-6-8/h2-6,17H,15H2,1H3. The number of hydrogen-bond acceptors (Lipinski definition) is 4. The molecule has 1 aromatic heterocycles. The number of nitrogens with two attached hydrogens (primary N) is 1. The molecule has 8 heteroatoms. The highest BCUT2D eigenvalue weighted by Crippen LogP contribution is 2.23. The first-order valence-electron chi connectivity index (χ1n) is 5.49. The molecule has 0 amide bonds. The zero-order valence-corrected chi connectivity index (χ0v) is 12.8. The van der Waals surface area contributed by atoms with E-state index in [0.29, 0.717) is 4.60 Å². The highest BCUT2D eigenvalue weighted by molar-refractivity contribution is 9.10. The molecule has 1 aromatic carbocycles. The second-order valence-electron chi connectivity index (χ2n) is 4.09. The number of anilines is 2. The fraction of sp³-hybridized carbons (Fsp3) is 0.0833. The van der Waals surface area contributed by atoms with Gasteiger partial charge in [0.1, 0.15) is 10.4 Å². The molecule has 0 atom stereocenters. The normalized spacial score (nSPS) is 11.3. The third-order valence-corrected chi connectivity index (χ3v) is 4.48. The van der Waals surface area contributed by atoms with Gasteiger partial charge in [-0.05, 0) is 47.1 Å². The van der Waals surface area contributed by atoms with Gasteiger partial charge in [-0.3, -0.25) is 4.72 Å². The molecular weight excluding hydrogens is 349 g/mol. The first-order chi connectivity index (χ1) is 9.29. The number of pyridine rings is 1. The van der Waals surface area contributed by atoms with Gasteiger partial charge in [-0.25, -0.2) is 17.8 Å². The van der Waals surface area contributed by atoms with Crippen molar-refractivity contribution < 1.29 is 12.8 Å². The van der Waals surface area contributed by atoms with Gasteiger partial charge in [0.2, 0.25) is 0 Å². The van der Waals surface area contributed by atoms with Crippen molar-refractivity contribution in [1.29, 1.82) is 0 Å². The molecule has 0 bridgehead atoms. The molecule has 0 aliphatic rings. The number of sulfonamides is 1. The first-order valence-corrected chi connectivity index (χ1v) is 7.77. The van der Waals surface area contributed by atoms with Crippen molar-refractivity contribution in [3.8, 4) is 0 Å². The Kier molecular flexibility index (Phi) is 3.96. The number of benzene rings is 1. The highest BCUT2D eigenvalue weighted by atomic mass is 79.9. The summed E-state index contributed by atoms with van der Waals surface area (Å²) in [5, 5.41) is 0. The lowest BCUT2D eigenvalue weighted by atomic mass is 10.2.